The lowest BCUT2D eigenvalue weighted by Crippen LogP contribution is -2.28. The van der Waals surface area contributed by atoms with Crippen LogP contribution in [0.2, 0.25) is 0 Å². The van der Waals surface area contributed by atoms with Crippen molar-refractivity contribution in [3.05, 3.63) is 33.9 Å². The van der Waals surface area contributed by atoms with Gasteiger partial charge in [0, 0.05) is 4.92 Å². The van der Waals surface area contributed by atoms with Gasteiger partial charge in [0.05, 0.1) is 32.8 Å². The second-order valence-corrected chi connectivity index (χ2v) is 4.60. The summed E-state index contributed by atoms with van der Waals surface area (Å²) in [5.74, 6) is -2.21. The molecule has 23 heavy (non-hydrogen) atoms. The molecule has 0 spiro atoms. The van der Waals surface area contributed by atoms with E-state index in [1.54, 1.807) is 25.1 Å². The van der Waals surface area contributed by atoms with Crippen molar-refractivity contribution in [2.45, 2.75) is 12.8 Å². The molecule has 0 radical (unpaired) electrons. The van der Waals surface area contributed by atoms with Gasteiger partial charge in [-0.1, -0.05) is 6.07 Å². The number of methoxy groups -OCH3 is 2. The van der Waals surface area contributed by atoms with Crippen LogP contribution in [0.5, 0.6) is 11.5 Å². The highest BCUT2D eigenvalue weighted by molar-refractivity contribution is 5.76. The van der Waals surface area contributed by atoms with Gasteiger partial charge in [-0.25, -0.2) is 0 Å². The van der Waals surface area contributed by atoms with E-state index in [-0.39, 0.29) is 6.61 Å². The van der Waals surface area contributed by atoms with E-state index in [1.165, 1.54) is 20.3 Å². The van der Waals surface area contributed by atoms with E-state index in [2.05, 4.69) is 0 Å². The van der Waals surface area contributed by atoms with E-state index in [0.717, 1.165) is 0 Å². The van der Waals surface area contributed by atoms with Gasteiger partial charge in [0.15, 0.2) is 17.4 Å². The maximum atomic E-state index is 11.9. The quantitative estimate of drug-likeness (QED) is 0.407. The van der Waals surface area contributed by atoms with Crippen LogP contribution >= 0.6 is 0 Å². The fourth-order valence-corrected chi connectivity index (χ4v) is 2.19. The number of nitrogens with zero attached hydrogens (tertiary/aromatic N) is 2. The average molecular weight is 322 g/mol. The molecule has 0 aromatic heterocycles. The molecule has 0 aliphatic heterocycles. The summed E-state index contributed by atoms with van der Waals surface area (Å²) >= 11 is 0. The van der Waals surface area contributed by atoms with Gasteiger partial charge >= 0.3 is 5.97 Å². The summed E-state index contributed by atoms with van der Waals surface area (Å²) in [5, 5.41) is 20.2. The molecule has 0 heterocycles. The zero-order valence-corrected chi connectivity index (χ0v) is 13.1. The summed E-state index contributed by atoms with van der Waals surface area (Å²) in [5.41, 5.74) is 0.430. The Hall–Kier alpha value is -2.82. The summed E-state index contributed by atoms with van der Waals surface area (Å²) < 4.78 is 15.1. The topological polar surface area (TPSA) is 112 Å². The normalized spacial score (nSPS) is 12.6. The first-order valence-electron chi connectivity index (χ1n) is 6.88. The molecule has 2 atom stereocenters. The second kappa shape index (κ2) is 8.58. The van der Waals surface area contributed by atoms with Crippen molar-refractivity contribution in [1.29, 1.82) is 5.26 Å². The van der Waals surface area contributed by atoms with Gasteiger partial charge in [-0.2, -0.15) is 5.26 Å². The number of nitriles is 1. The molecule has 0 N–H and O–H groups in total. The molecule has 1 rings (SSSR count). The number of carbonyl (C=O) groups is 1. The molecule has 0 bridgehead atoms. The van der Waals surface area contributed by atoms with Gasteiger partial charge in [0.2, 0.25) is 6.54 Å². The minimum absolute atomic E-state index is 0.0914. The number of rotatable bonds is 8. The number of benzene rings is 1. The van der Waals surface area contributed by atoms with Gasteiger partial charge in [0.1, 0.15) is 0 Å². The Balaban J connectivity index is 3.27. The van der Waals surface area contributed by atoms with E-state index in [9.17, 15) is 20.2 Å². The van der Waals surface area contributed by atoms with E-state index >= 15 is 0 Å². The van der Waals surface area contributed by atoms with Crippen LogP contribution < -0.4 is 9.47 Å². The van der Waals surface area contributed by atoms with Crippen LogP contribution in [0.3, 0.4) is 0 Å². The number of hydrogen-bond donors (Lipinski definition) is 0. The molecular weight excluding hydrogens is 304 g/mol. The number of ether oxygens (including phenoxy) is 3. The molecule has 1 aromatic rings. The molecule has 0 aliphatic rings. The number of hydrogen-bond acceptors (Lipinski definition) is 7. The summed E-state index contributed by atoms with van der Waals surface area (Å²) in [6, 6.07) is 6.47. The lowest BCUT2D eigenvalue weighted by atomic mass is 9.86. The summed E-state index contributed by atoms with van der Waals surface area (Å²) in [4.78, 5) is 22.3. The Morgan fingerprint density at radius 2 is 2.00 bits per heavy atom. The van der Waals surface area contributed by atoms with Crippen LogP contribution in [0.25, 0.3) is 0 Å². The van der Waals surface area contributed by atoms with Crippen LogP contribution in [-0.4, -0.2) is 38.3 Å². The fraction of sp³-hybridized carbons (Fsp3) is 0.467. The molecule has 8 nitrogen and oxygen atoms in total. The highest BCUT2D eigenvalue weighted by Gasteiger charge is 2.35. The smallest absolute Gasteiger partial charge is 0.324 e. The van der Waals surface area contributed by atoms with Crippen LogP contribution in [0.4, 0.5) is 0 Å². The monoisotopic (exact) mass is 322 g/mol. The predicted octanol–water partition coefficient (Wildman–Crippen LogP) is 1.77. The summed E-state index contributed by atoms with van der Waals surface area (Å²) in [6.07, 6.45) is 0. The number of carbonyl (C=O) groups excluding carboxylic acids is 1. The first kappa shape index (κ1) is 18.2. The third-order valence-electron chi connectivity index (χ3n) is 3.26. The lowest BCUT2D eigenvalue weighted by molar-refractivity contribution is -0.484. The Morgan fingerprint density at radius 1 is 1.35 bits per heavy atom. The third kappa shape index (κ3) is 4.57. The Kier molecular flexibility index (Phi) is 6.80. The van der Waals surface area contributed by atoms with E-state index < -0.39 is 29.3 Å². The molecule has 0 fully saturated rings. The Bertz CT molecular complexity index is 610. The number of nitro groups is 1. The Morgan fingerprint density at radius 3 is 2.48 bits per heavy atom. The molecule has 0 aliphatic carbocycles. The highest BCUT2D eigenvalue weighted by Crippen LogP contribution is 2.34. The summed E-state index contributed by atoms with van der Waals surface area (Å²) in [7, 11) is 2.89. The molecule has 124 valence electrons. The van der Waals surface area contributed by atoms with Crippen molar-refractivity contribution in [2.75, 3.05) is 27.4 Å². The van der Waals surface area contributed by atoms with Crippen LogP contribution in [-0.2, 0) is 9.53 Å². The van der Waals surface area contributed by atoms with Gasteiger partial charge in [-0.3, -0.25) is 14.9 Å². The fourth-order valence-electron chi connectivity index (χ4n) is 2.19. The van der Waals surface area contributed by atoms with Crippen molar-refractivity contribution < 1.29 is 23.9 Å². The molecule has 0 amide bonds. The van der Waals surface area contributed by atoms with Crippen molar-refractivity contribution >= 4 is 5.97 Å². The first-order chi connectivity index (χ1) is 11.0. The molecule has 2 unspecified atom stereocenters. The zero-order chi connectivity index (χ0) is 17.4. The molecule has 8 heteroatoms. The predicted molar refractivity (Wildman–Crippen MR) is 79.9 cm³/mol. The summed E-state index contributed by atoms with van der Waals surface area (Å²) in [6.45, 7) is 1.12. The minimum atomic E-state index is -1.28. The second-order valence-electron chi connectivity index (χ2n) is 4.60. The molecule has 1 aromatic carbocycles. The van der Waals surface area contributed by atoms with Gasteiger partial charge < -0.3 is 14.2 Å². The largest absolute Gasteiger partial charge is 0.493 e. The molecule has 0 saturated heterocycles. The van der Waals surface area contributed by atoms with Crippen LogP contribution in [0.15, 0.2) is 18.2 Å². The zero-order valence-electron chi connectivity index (χ0n) is 13.1. The van der Waals surface area contributed by atoms with E-state index in [4.69, 9.17) is 14.2 Å². The van der Waals surface area contributed by atoms with Crippen LogP contribution in [0.1, 0.15) is 18.4 Å². The SMILES string of the molecule is CCOC(=O)C(C#N)C(C[N+](=O)[O-])c1ccc(OC)c(OC)c1. The maximum absolute atomic E-state index is 11.9. The van der Waals surface area contributed by atoms with E-state index in [0.29, 0.717) is 17.1 Å². The van der Waals surface area contributed by atoms with E-state index in [1.807, 2.05) is 0 Å². The van der Waals surface area contributed by atoms with Gasteiger partial charge in [0.25, 0.3) is 0 Å². The van der Waals surface area contributed by atoms with Crippen molar-refractivity contribution in [3.63, 3.8) is 0 Å². The molecule has 0 saturated carbocycles. The lowest BCUT2D eigenvalue weighted by Gasteiger charge is -2.19. The van der Waals surface area contributed by atoms with Crippen LogP contribution in [0, 0.1) is 27.4 Å². The van der Waals surface area contributed by atoms with Gasteiger partial charge in [-0.15, -0.1) is 0 Å². The Labute approximate surface area is 133 Å². The minimum Gasteiger partial charge on any atom is -0.493 e. The average Bonchev–Trinajstić information content (AvgIpc) is 2.53. The third-order valence-corrected chi connectivity index (χ3v) is 3.26. The van der Waals surface area contributed by atoms with Crippen molar-refractivity contribution in [1.82, 2.24) is 0 Å². The number of esters is 1. The van der Waals surface area contributed by atoms with Crippen molar-refractivity contribution in [3.8, 4) is 17.6 Å². The van der Waals surface area contributed by atoms with Crippen molar-refractivity contribution in [2.24, 2.45) is 5.92 Å². The standard InChI is InChI=1S/C15H18N2O6/c1-4-23-15(18)11(8-16)12(9-17(19)20)10-5-6-13(21-2)14(7-10)22-3/h5-7,11-12H,4,9H2,1-3H3. The highest BCUT2D eigenvalue weighted by atomic mass is 16.6. The maximum Gasteiger partial charge on any atom is 0.324 e. The first-order valence-corrected chi connectivity index (χ1v) is 6.88. The van der Waals surface area contributed by atoms with Gasteiger partial charge in [-0.05, 0) is 24.6 Å². The molecular formula is C15H18N2O6.